The van der Waals surface area contributed by atoms with Gasteiger partial charge in [0.2, 0.25) is 0 Å². The second-order valence-electron chi connectivity index (χ2n) is 4.65. The lowest BCUT2D eigenvalue weighted by Crippen LogP contribution is -2.12. The number of halogens is 1. The van der Waals surface area contributed by atoms with Gasteiger partial charge in [0.1, 0.15) is 5.82 Å². The van der Waals surface area contributed by atoms with Gasteiger partial charge >= 0.3 is 0 Å². The molecule has 1 aromatic carbocycles. The third kappa shape index (κ3) is 2.47. The van der Waals surface area contributed by atoms with Gasteiger partial charge in [-0.05, 0) is 49.1 Å². The minimum atomic E-state index is -0.417. The Morgan fingerprint density at radius 2 is 2.16 bits per heavy atom. The Morgan fingerprint density at radius 3 is 3.00 bits per heavy atom. The number of hydrogen-bond acceptors (Lipinski definition) is 2. The van der Waals surface area contributed by atoms with Gasteiger partial charge in [-0.2, -0.15) is 0 Å². The molecule has 0 aliphatic heterocycles. The van der Waals surface area contributed by atoms with Crippen LogP contribution in [0.2, 0.25) is 0 Å². The summed E-state index contributed by atoms with van der Waals surface area (Å²) in [5.74, 6) is -0.737. The predicted octanol–water partition coefficient (Wildman–Crippen LogP) is 2.96. The zero-order chi connectivity index (χ0) is 13.2. The summed E-state index contributed by atoms with van der Waals surface area (Å²) < 4.78 is 13.1. The maximum absolute atomic E-state index is 13.1. The van der Waals surface area contributed by atoms with Gasteiger partial charge < -0.3 is 5.32 Å². The van der Waals surface area contributed by atoms with Gasteiger partial charge in [-0.3, -0.25) is 9.78 Å². The molecule has 0 saturated carbocycles. The van der Waals surface area contributed by atoms with Crippen LogP contribution in [-0.2, 0) is 12.8 Å². The molecule has 0 radical (unpaired) electrons. The van der Waals surface area contributed by atoms with Crippen LogP contribution in [-0.4, -0.2) is 10.9 Å². The fourth-order valence-electron chi connectivity index (χ4n) is 2.33. The molecule has 3 nitrogen and oxygen atoms in total. The minimum Gasteiger partial charge on any atom is -0.321 e. The van der Waals surface area contributed by atoms with E-state index in [9.17, 15) is 9.18 Å². The molecule has 0 bridgehead atoms. The SMILES string of the molecule is O=C(Nc1cnc2c(c1)CCC2)c1cccc(F)c1. The van der Waals surface area contributed by atoms with Crippen molar-refractivity contribution in [3.63, 3.8) is 0 Å². The van der Waals surface area contributed by atoms with Crippen LogP contribution in [0.1, 0.15) is 28.0 Å². The van der Waals surface area contributed by atoms with Crippen LogP contribution in [0.4, 0.5) is 10.1 Å². The summed E-state index contributed by atoms with van der Waals surface area (Å²) in [6.07, 6.45) is 4.78. The molecule has 0 unspecified atom stereocenters. The molecule has 1 aromatic heterocycles. The highest BCUT2D eigenvalue weighted by Crippen LogP contribution is 2.22. The Labute approximate surface area is 110 Å². The molecule has 3 rings (SSSR count). The van der Waals surface area contributed by atoms with E-state index in [2.05, 4.69) is 10.3 Å². The first-order valence-electron chi connectivity index (χ1n) is 6.27. The standard InChI is InChI=1S/C15H13FN2O/c16-12-5-1-4-11(7-12)15(19)18-13-8-10-3-2-6-14(10)17-9-13/h1,4-5,7-9H,2-3,6H2,(H,18,19). The third-order valence-electron chi connectivity index (χ3n) is 3.26. The van der Waals surface area contributed by atoms with Crippen molar-refractivity contribution in [2.45, 2.75) is 19.3 Å². The van der Waals surface area contributed by atoms with Gasteiger partial charge in [-0.25, -0.2) is 4.39 Å². The van der Waals surface area contributed by atoms with E-state index in [4.69, 9.17) is 0 Å². The number of rotatable bonds is 2. The van der Waals surface area contributed by atoms with Gasteiger partial charge in [0.25, 0.3) is 5.91 Å². The summed E-state index contributed by atoms with van der Waals surface area (Å²) in [5.41, 5.74) is 3.27. The van der Waals surface area contributed by atoms with Crippen molar-refractivity contribution in [3.05, 3.63) is 59.2 Å². The van der Waals surface area contributed by atoms with Gasteiger partial charge in [-0.1, -0.05) is 6.07 Å². The van der Waals surface area contributed by atoms with Crippen molar-refractivity contribution in [3.8, 4) is 0 Å². The Bertz CT molecular complexity index is 640. The van der Waals surface area contributed by atoms with Crippen LogP contribution in [0.15, 0.2) is 36.5 Å². The molecule has 4 heteroatoms. The van der Waals surface area contributed by atoms with E-state index < -0.39 is 5.82 Å². The van der Waals surface area contributed by atoms with E-state index in [1.165, 1.54) is 23.8 Å². The summed E-state index contributed by atoms with van der Waals surface area (Å²) in [5, 5.41) is 2.75. The van der Waals surface area contributed by atoms with E-state index >= 15 is 0 Å². The molecule has 0 spiro atoms. The molecular formula is C15H13FN2O. The average Bonchev–Trinajstić information content (AvgIpc) is 2.86. The molecule has 1 aliphatic carbocycles. The first kappa shape index (κ1) is 11.8. The number of fused-ring (bicyclic) bond motifs is 1. The summed E-state index contributed by atoms with van der Waals surface area (Å²) in [7, 11) is 0. The quantitative estimate of drug-likeness (QED) is 0.897. The largest absolute Gasteiger partial charge is 0.321 e. The number of anilines is 1. The van der Waals surface area contributed by atoms with Crippen molar-refractivity contribution < 1.29 is 9.18 Å². The van der Waals surface area contributed by atoms with Crippen molar-refractivity contribution in [2.24, 2.45) is 0 Å². The molecule has 0 atom stereocenters. The number of aromatic nitrogens is 1. The molecule has 96 valence electrons. The summed E-state index contributed by atoms with van der Waals surface area (Å²) >= 11 is 0. The lowest BCUT2D eigenvalue weighted by atomic mass is 10.2. The predicted molar refractivity (Wildman–Crippen MR) is 70.6 cm³/mol. The van der Waals surface area contributed by atoms with Crippen LogP contribution in [0.25, 0.3) is 0 Å². The van der Waals surface area contributed by atoms with Gasteiger partial charge in [0, 0.05) is 11.3 Å². The maximum Gasteiger partial charge on any atom is 0.255 e. The van der Waals surface area contributed by atoms with Crippen molar-refractivity contribution in [1.29, 1.82) is 0 Å². The molecule has 1 amide bonds. The van der Waals surface area contributed by atoms with E-state index in [0.29, 0.717) is 11.3 Å². The molecule has 1 heterocycles. The smallest absolute Gasteiger partial charge is 0.255 e. The number of aryl methyl sites for hydroxylation is 2. The highest BCUT2D eigenvalue weighted by Gasteiger charge is 2.13. The normalized spacial score (nSPS) is 13.1. The highest BCUT2D eigenvalue weighted by atomic mass is 19.1. The maximum atomic E-state index is 13.1. The van der Waals surface area contributed by atoms with E-state index in [0.717, 1.165) is 25.0 Å². The lowest BCUT2D eigenvalue weighted by Gasteiger charge is -2.07. The van der Waals surface area contributed by atoms with Gasteiger partial charge in [0.05, 0.1) is 11.9 Å². The lowest BCUT2D eigenvalue weighted by molar-refractivity contribution is 0.102. The second-order valence-corrected chi connectivity index (χ2v) is 4.65. The Kier molecular flexibility index (Phi) is 2.99. The number of hydrogen-bond donors (Lipinski definition) is 1. The second kappa shape index (κ2) is 4.80. The Morgan fingerprint density at radius 1 is 1.26 bits per heavy atom. The molecule has 1 N–H and O–H groups in total. The molecule has 0 saturated heterocycles. The van der Waals surface area contributed by atoms with Crippen LogP contribution in [0.5, 0.6) is 0 Å². The number of nitrogens with zero attached hydrogens (tertiary/aromatic N) is 1. The van der Waals surface area contributed by atoms with Crippen LogP contribution in [0.3, 0.4) is 0 Å². The third-order valence-corrected chi connectivity index (χ3v) is 3.26. The zero-order valence-corrected chi connectivity index (χ0v) is 10.3. The first-order valence-corrected chi connectivity index (χ1v) is 6.27. The topological polar surface area (TPSA) is 42.0 Å². The number of benzene rings is 1. The Hall–Kier alpha value is -2.23. The summed E-state index contributed by atoms with van der Waals surface area (Å²) in [4.78, 5) is 16.3. The van der Waals surface area contributed by atoms with E-state index in [-0.39, 0.29) is 5.91 Å². The van der Waals surface area contributed by atoms with E-state index in [1.807, 2.05) is 6.07 Å². The van der Waals surface area contributed by atoms with E-state index in [1.54, 1.807) is 12.3 Å². The van der Waals surface area contributed by atoms with Crippen molar-refractivity contribution in [1.82, 2.24) is 4.98 Å². The minimum absolute atomic E-state index is 0.306. The molecule has 2 aromatic rings. The Balaban J connectivity index is 1.80. The number of carbonyl (C=O) groups is 1. The van der Waals surface area contributed by atoms with Gasteiger partial charge in [-0.15, -0.1) is 0 Å². The molecular weight excluding hydrogens is 243 g/mol. The summed E-state index contributed by atoms with van der Waals surface area (Å²) in [6.45, 7) is 0. The summed E-state index contributed by atoms with van der Waals surface area (Å²) in [6, 6.07) is 7.58. The number of amides is 1. The first-order chi connectivity index (χ1) is 9.22. The number of pyridine rings is 1. The van der Waals surface area contributed by atoms with Crippen LogP contribution in [0, 0.1) is 5.82 Å². The average molecular weight is 256 g/mol. The van der Waals surface area contributed by atoms with Crippen molar-refractivity contribution in [2.75, 3.05) is 5.32 Å². The fourth-order valence-corrected chi connectivity index (χ4v) is 2.33. The van der Waals surface area contributed by atoms with Crippen LogP contribution < -0.4 is 5.32 Å². The number of nitrogens with one attached hydrogen (secondary N) is 1. The van der Waals surface area contributed by atoms with Crippen molar-refractivity contribution >= 4 is 11.6 Å². The molecule has 19 heavy (non-hydrogen) atoms. The molecule has 1 aliphatic rings. The fraction of sp³-hybridized carbons (Fsp3) is 0.200. The zero-order valence-electron chi connectivity index (χ0n) is 10.3. The monoisotopic (exact) mass is 256 g/mol. The van der Waals surface area contributed by atoms with Gasteiger partial charge in [0.15, 0.2) is 0 Å². The highest BCUT2D eigenvalue weighted by molar-refractivity contribution is 6.04. The van der Waals surface area contributed by atoms with Crippen LogP contribution >= 0.6 is 0 Å². The molecule has 0 fully saturated rings. The number of carbonyl (C=O) groups excluding carboxylic acids is 1.